The summed E-state index contributed by atoms with van der Waals surface area (Å²) in [5, 5.41) is 10.3. The zero-order valence-electron chi connectivity index (χ0n) is 15.0. The third-order valence-corrected chi connectivity index (χ3v) is 5.54. The molecule has 1 amide bonds. The third kappa shape index (κ3) is 4.27. The number of benzene rings is 1. The van der Waals surface area contributed by atoms with Crippen molar-refractivity contribution in [1.29, 1.82) is 0 Å². The van der Waals surface area contributed by atoms with E-state index in [0.29, 0.717) is 24.5 Å². The Bertz CT molecular complexity index is 577. The highest BCUT2D eigenvalue weighted by Crippen LogP contribution is 2.35. The number of aliphatic hydroxyl groups is 1. The summed E-state index contributed by atoms with van der Waals surface area (Å²) < 4.78 is 11.0. The van der Waals surface area contributed by atoms with Crippen LogP contribution in [0.3, 0.4) is 0 Å². The van der Waals surface area contributed by atoms with Crippen molar-refractivity contribution in [2.45, 2.75) is 57.1 Å². The number of amides is 1. The molecule has 1 saturated heterocycles. The van der Waals surface area contributed by atoms with Crippen LogP contribution in [0, 0.1) is 5.92 Å². The topological polar surface area (TPSA) is 59.0 Å². The molecule has 25 heavy (non-hydrogen) atoms. The number of methoxy groups -OCH3 is 1. The summed E-state index contributed by atoms with van der Waals surface area (Å²) in [7, 11) is 1.61. The molecule has 0 aromatic heterocycles. The second kappa shape index (κ2) is 8.56. The predicted octanol–water partition coefficient (Wildman–Crippen LogP) is 3.01. The largest absolute Gasteiger partial charge is 0.493 e. The molecule has 0 bridgehead atoms. The third-order valence-electron chi connectivity index (χ3n) is 5.54. The van der Waals surface area contributed by atoms with E-state index in [1.54, 1.807) is 7.11 Å². The van der Waals surface area contributed by atoms with E-state index in [0.717, 1.165) is 45.1 Å². The molecule has 0 radical (unpaired) electrons. The van der Waals surface area contributed by atoms with Crippen molar-refractivity contribution < 1.29 is 19.4 Å². The minimum Gasteiger partial charge on any atom is -0.493 e. The fraction of sp³-hybridized carbons (Fsp3) is 0.650. The molecule has 2 aliphatic rings. The summed E-state index contributed by atoms with van der Waals surface area (Å²) in [6.45, 7) is 1.15. The molecule has 1 aliphatic carbocycles. The number of carbonyl (C=O) groups is 1. The van der Waals surface area contributed by atoms with Crippen LogP contribution in [0.1, 0.15) is 44.9 Å². The maximum absolute atomic E-state index is 12.7. The summed E-state index contributed by atoms with van der Waals surface area (Å²) in [5.74, 6) is 1.73. The fourth-order valence-corrected chi connectivity index (χ4v) is 4.27. The summed E-state index contributed by atoms with van der Waals surface area (Å²) in [4.78, 5) is 14.7. The standard InChI is InChI=1S/C20H29NO4/c1-24-18-10-4-5-11-19(18)25-14-12-20(23)21-13-6-8-16(21)15-7-2-3-9-17(15)22/h4-5,10-11,15-17,22H,2-3,6-9,12-14H2,1H3. The zero-order valence-corrected chi connectivity index (χ0v) is 15.0. The van der Waals surface area contributed by atoms with Crippen molar-refractivity contribution in [2.75, 3.05) is 20.3 Å². The lowest BCUT2D eigenvalue weighted by Crippen LogP contribution is -2.45. The SMILES string of the molecule is COc1ccccc1OCCC(=O)N1CCCC1C1CCCCC1O. The molecule has 138 valence electrons. The zero-order chi connectivity index (χ0) is 17.6. The van der Waals surface area contributed by atoms with E-state index in [-0.39, 0.29) is 24.0 Å². The van der Waals surface area contributed by atoms with E-state index in [4.69, 9.17) is 9.47 Å². The van der Waals surface area contributed by atoms with Crippen LogP contribution in [0.5, 0.6) is 11.5 Å². The van der Waals surface area contributed by atoms with Gasteiger partial charge in [-0.25, -0.2) is 0 Å². The van der Waals surface area contributed by atoms with Gasteiger partial charge in [-0.15, -0.1) is 0 Å². The van der Waals surface area contributed by atoms with Gasteiger partial charge in [0.25, 0.3) is 0 Å². The van der Waals surface area contributed by atoms with Gasteiger partial charge in [-0.2, -0.15) is 0 Å². The minimum atomic E-state index is -0.253. The van der Waals surface area contributed by atoms with Gasteiger partial charge < -0.3 is 19.5 Å². The first-order chi connectivity index (χ1) is 12.2. The Morgan fingerprint density at radius 2 is 1.92 bits per heavy atom. The highest BCUT2D eigenvalue weighted by Gasteiger charge is 2.38. The van der Waals surface area contributed by atoms with Gasteiger partial charge in [0.1, 0.15) is 0 Å². The molecule has 5 nitrogen and oxygen atoms in total. The van der Waals surface area contributed by atoms with Crippen molar-refractivity contribution in [1.82, 2.24) is 4.90 Å². The highest BCUT2D eigenvalue weighted by atomic mass is 16.5. The number of carbonyl (C=O) groups excluding carboxylic acids is 1. The van der Waals surface area contributed by atoms with Crippen LogP contribution in [0.25, 0.3) is 0 Å². The normalized spacial score (nSPS) is 26.5. The maximum Gasteiger partial charge on any atom is 0.226 e. The second-order valence-corrected chi connectivity index (χ2v) is 7.06. The molecule has 2 fully saturated rings. The molecule has 3 atom stereocenters. The summed E-state index contributed by atoms with van der Waals surface area (Å²) in [6, 6.07) is 7.68. The number of para-hydroxylation sites is 2. The minimum absolute atomic E-state index is 0.134. The van der Waals surface area contributed by atoms with E-state index >= 15 is 0 Å². The second-order valence-electron chi connectivity index (χ2n) is 7.06. The number of hydrogen-bond donors (Lipinski definition) is 1. The van der Waals surface area contributed by atoms with E-state index < -0.39 is 0 Å². The van der Waals surface area contributed by atoms with Gasteiger partial charge in [-0.3, -0.25) is 4.79 Å². The van der Waals surface area contributed by atoms with Crippen LogP contribution in [0.15, 0.2) is 24.3 Å². The van der Waals surface area contributed by atoms with E-state index in [2.05, 4.69) is 0 Å². The lowest BCUT2D eigenvalue weighted by atomic mass is 9.80. The van der Waals surface area contributed by atoms with Crippen molar-refractivity contribution >= 4 is 5.91 Å². The van der Waals surface area contributed by atoms with Gasteiger partial charge in [0.15, 0.2) is 11.5 Å². The molecule has 1 heterocycles. The lowest BCUT2D eigenvalue weighted by molar-refractivity contribution is -0.134. The van der Waals surface area contributed by atoms with Gasteiger partial charge in [0, 0.05) is 18.5 Å². The monoisotopic (exact) mass is 347 g/mol. The van der Waals surface area contributed by atoms with Gasteiger partial charge in [-0.05, 0) is 37.8 Å². The van der Waals surface area contributed by atoms with Crippen molar-refractivity contribution in [3.05, 3.63) is 24.3 Å². The molecule has 1 N–H and O–H groups in total. The van der Waals surface area contributed by atoms with E-state index in [9.17, 15) is 9.90 Å². The fourth-order valence-electron chi connectivity index (χ4n) is 4.27. The van der Waals surface area contributed by atoms with Crippen LogP contribution in [0.4, 0.5) is 0 Å². The van der Waals surface area contributed by atoms with Crippen LogP contribution < -0.4 is 9.47 Å². The Hall–Kier alpha value is -1.75. The molecule has 1 aromatic carbocycles. The lowest BCUT2D eigenvalue weighted by Gasteiger charge is -2.37. The molecule has 5 heteroatoms. The van der Waals surface area contributed by atoms with Crippen LogP contribution in [-0.4, -0.2) is 48.3 Å². The van der Waals surface area contributed by atoms with Crippen LogP contribution in [0.2, 0.25) is 0 Å². The Kier molecular flexibility index (Phi) is 6.19. The summed E-state index contributed by atoms with van der Waals surface area (Å²) in [5.41, 5.74) is 0. The smallest absolute Gasteiger partial charge is 0.226 e. The van der Waals surface area contributed by atoms with Gasteiger partial charge in [0.05, 0.1) is 26.2 Å². The van der Waals surface area contributed by atoms with Crippen molar-refractivity contribution in [2.24, 2.45) is 5.92 Å². The molecular weight excluding hydrogens is 318 g/mol. The first-order valence-electron chi connectivity index (χ1n) is 9.44. The first kappa shape index (κ1) is 18.1. The van der Waals surface area contributed by atoms with E-state index in [1.807, 2.05) is 29.2 Å². The Labute approximate surface area is 149 Å². The quantitative estimate of drug-likeness (QED) is 0.859. The number of hydrogen-bond acceptors (Lipinski definition) is 4. The number of aliphatic hydroxyl groups excluding tert-OH is 1. The van der Waals surface area contributed by atoms with E-state index in [1.165, 1.54) is 0 Å². The van der Waals surface area contributed by atoms with Crippen LogP contribution in [-0.2, 0) is 4.79 Å². The molecule has 1 aliphatic heterocycles. The molecule has 3 unspecified atom stereocenters. The first-order valence-corrected chi connectivity index (χ1v) is 9.44. The Morgan fingerprint density at radius 1 is 1.16 bits per heavy atom. The number of rotatable bonds is 6. The predicted molar refractivity (Wildman–Crippen MR) is 95.8 cm³/mol. The van der Waals surface area contributed by atoms with Crippen molar-refractivity contribution in [3.63, 3.8) is 0 Å². The average molecular weight is 347 g/mol. The van der Waals surface area contributed by atoms with Gasteiger partial charge in [0.2, 0.25) is 5.91 Å². The van der Waals surface area contributed by atoms with Gasteiger partial charge in [-0.1, -0.05) is 25.0 Å². The van der Waals surface area contributed by atoms with Gasteiger partial charge >= 0.3 is 0 Å². The maximum atomic E-state index is 12.7. The number of nitrogens with zero attached hydrogens (tertiary/aromatic N) is 1. The Balaban J connectivity index is 1.53. The molecule has 1 aromatic rings. The highest BCUT2D eigenvalue weighted by molar-refractivity contribution is 5.77. The Morgan fingerprint density at radius 3 is 2.68 bits per heavy atom. The average Bonchev–Trinajstić information content (AvgIpc) is 3.12. The van der Waals surface area contributed by atoms with Crippen molar-refractivity contribution in [3.8, 4) is 11.5 Å². The molecular formula is C20H29NO4. The molecule has 0 spiro atoms. The number of likely N-dealkylation sites (tertiary alicyclic amines) is 1. The summed E-state index contributed by atoms with van der Waals surface area (Å²) >= 11 is 0. The van der Waals surface area contributed by atoms with Crippen LogP contribution >= 0.6 is 0 Å². The summed E-state index contributed by atoms with van der Waals surface area (Å²) in [6.07, 6.45) is 6.33. The molecule has 1 saturated carbocycles. The number of ether oxygens (including phenoxy) is 2. The molecule has 3 rings (SSSR count).